The molecule has 0 radical (unpaired) electrons. The van der Waals surface area contributed by atoms with E-state index in [0.717, 1.165) is 7.11 Å². The van der Waals surface area contributed by atoms with Gasteiger partial charge in [-0.05, 0) is 0 Å². The molecule has 0 spiro atoms. The minimum absolute atomic E-state index is 0.760. The van der Waals surface area contributed by atoms with Gasteiger partial charge in [0.2, 0.25) is 0 Å². The molecule has 0 aromatic carbocycles. The smallest absolute Gasteiger partial charge is 0.409 e. The van der Waals surface area contributed by atoms with Gasteiger partial charge in [-0.1, -0.05) is 0 Å². The fourth-order valence-corrected chi connectivity index (χ4v) is 3.09. The Hall–Kier alpha value is 0.410. The van der Waals surface area contributed by atoms with Gasteiger partial charge in [-0.15, -0.1) is 0 Å². The van der Waals surface area contributed by atoms with Crippen LogP contribution in [0, 0.1) is 0 Å². The average Bonchev–Trinajstić information content (AvgIpc) is 1.78. The van der Waals surface area contributed by atoms with E-state index in [1.54, 1.807) is 0 Å². The molecular weight excluding hydrogens is 263 g/mol. The highest BCUT2D eigenvalue weighted by Gasteiger charge is 2.27. The van der Waals surface area contributed by atoms with Crippen LogP contribution in [0.4, 0.5) is 0 Å². The van der Waals surface area contributed by atoms with Gasteiger partial charge in [0.25, 0.3) is 15.6 Å². The number of nitrogens with two attached hydrogens (primary N) is 1. The zero-order chi connectivity index (χ0) is 11.6. The number of hydrogen-bond donors (Lipinski definition) is 2. The standard InChI is InChI=1S/CH8NO9P3/c1-9-12(2,3)10-14(7,8)11-13(4,5)6/h1H3,(H2,2,3)(H,7,8)(H2,4,5,6)/p-2. The Morgan fingerprint density at radius 1 is 1.21 bits per heavy atom. The van der Waals surface area contributed by atoms with E-state index < -0.39 is 23.4 Å². The summed E-state index contributed by atoms with van der Waals surface area (Å²) < 4.78 is 41.6. The number of hydrogen-bond acceptors (Lipinski definition) is 8. The predicted molar refractivity (Wildman–Crippen MR) is 38.4 cm³/mol. The zero-order valence-corrected chi connectivity index (χ0v) is 9.32. The largest absolute Gasteiger partial charge is 0.756 e. The van der Waals surface area contributed by atoms with Gasteiger partial charge >= 0.3 is 7.75 Å². The van der Waals surface area contributed by atoms with Gasteiger partial charge in [0.05, 0.1) is 0 Å². The van der Waals surface area contributed by atoms with Crippen molar-refractivity contribution < 1.29 is 41.5 Å². The molecule has 0 aromatic heterocycles. The molecule has 0 bridgehead atoms. The van der Waals surface area contributed by atoms with E-state index in [2.05, 4.69) is 18.6 Å². The summed E-state index contributed by atoms with van der Waals surface area (Å²) in [4.78, 5) is 28.5. The highest BCUT2D eigenvalue weighted by Crippen LogP contribution is 2.61. The van der Waals surface area contributed by atoms with Gasteiger partial charge in [-0.2, -0.15) is 0 Å². The summed E-state index contributed by atoms with van der Waals surface area (Å²) in [5.74, 6) is 0. The van der Waals surface area contributed by atoms with Gasteiger partial charge in [-0.3, -0.25) is 9.13 Å². The summed E-state index contributed by atoms with van der Waals surface area (Å²) in [5, 5.41) is 0. The van der Waals surface area contributed by atoms with Gasteiger partial charge in [0, 0.05) is 7.11 Å². The molecule has 14 heavy (non-hydrogen) atoms. The van der Waals surface area contributed by atoms with Gasteiger partial charge < -0.3 is 19.2 Å². The summed E-state index contributed by atoms with van der Waals surface area (Å²) in [6.07, 6.45) is 0. The fourth-order valence-electron chi connectivity index (χ4n) is 0.314. The molecule has 0 aliphatic carbocycles. The van der Waals surface area contributed by atoms with Crippen LogP contribution in [-0.2, 0) is 26.8 Å². The van der Waals surface area contributed by atoms with Crippen molar-refractivity contribution in [2.45, 2.75) is 0 Å². The molecule has 0 heterocycles. The van der Waals surface area contributed by atoms with Crippen LogP contribution in [0.2, 0.25) is 0 Å². The molecule has 3 N–H and O–H groups in total. The normalized spacial score (nSPS) is 24.6. The molecule has 86 valence electrons. The lowest BCUT2D eigenvalue weighted by Crippen LogP contribution is -2.12. The first-order valence-electron chi connectivity index (χ1n) is 2.69. The quantitative estimate of drug-likeness (QED) is 0.568. The maximum Gasteiger partial charge on any atom is 0.409 e. The van der Waals surface area contributed by atoms with E-state index in [4.69, 9.17) is 4.89 Å². The van der Waals surface area contributed by atoms with E-state index in [1.807, 2.05) is 0 Å². The van der Waals surface area contributed by atoms with Crippen LogP contribution in [0.1, 0.15) is 0 Å². The van der Waals surface area contributed by atoms with Crippen molar-refractivity contribution in [2.75, 3.05) is 7.11 Å². The lowest BCUT2D eigenvalue weighted by atomic mass is 11.8. The number of rotatable bonds is 5. The summed E-state index contributed by atoms with van der Waals surface area (Å²) >= 11 is 0. The summed E-state index contributed by atoms with van der Waals surface area (Å²) in [6.45, 7) is 0. The molecule has 0 amide bonds. The van der Waals surface area contributed by atoms with Crippen molar-refractivity contribution in [1.29, 1.82) is 0 Å². The third-order valence-electron chi connectivity index (χ3n) is 0.671. The Kier molecular flexibility index (Phi) is 4.64. The molecule has 10 nitrogen and oxygen atoms in total. The summed E-state index contributed by atoms with van der Waals surface area (Å²) in [6, 6.07) is 0. The lowest BCUT2D eigenvalue weighted by Gasteiger charge is -2.28. The minimum atomic E-state index is -5.57. The molecule has 0 aliphatic rings. The van der Waals surface area contributed by atoms with Crippen LogP contribution in [0.15, 0.2) is 0 Å². The van der Waals surface area contributed by atoms with E-state index in [-0.39, 0.29) is 0 Å². The molecular formula is CH6NO9P3-2. The van der Waals surface area contributed by atoms with Crippen molar-refractivity contribution in [2.24, 2.45) is 5.50 Å². The SMILES string of the molecule is COP(N)(=O)OP(=O)([O-])OP(=O)([O-])O. The van der Waals surface area contributed by atoms with E-state index in [1.165, 1.54) is 0 Å². The first-order chi connectivity index (χ1) is 5.97. The Bertz CT molecular complexity index is 329. The number of phosphoric acid groups is 2. The summed E-state index contributed by atoms with van der Waals surface area (Å²) in [5.41, 5.74) is 4.61. The highest BCUT2D eigenvalue weighted by atomic mass is 31.3. The molecule has 0 aromatic rings. The topological polar surface area (TPSA) is 171 Å². The third kappa shape index (κ3) is 6.80. The molecule has 0 fully saturated rings. The van der Waals surface area contributed by atoms with E-state index in [9.17, 15) is 23.5 Å². The maximum absolute atomic E-state index is 10.7. The van der Waals surface area contributed by atoms with Crippen LogP contribution in [0.25, 0.3) is 0 Å². The Morgan fingerprint density at radius 2 is 1.64 bits per heavy atom. The third-order valence-corrected chi connectivity index (χ3v) is 4.52. The van der Waals surface area contributed by atoms with Gasteiger partial charge in [-0.25, -0.2) is 18.7 Å². The van der Waals surface area contributed by atoms with E-state index >= 15 is 0 Å². The predicted octanol–water partition coefficient (Wildman–Crippen LogP) is -1.34. The molecule has 3 unspecified atom stereocenters. The minimum Gasteiger partial charge on any atom is -0.756 e. The summed E-state index contributed by atoms with van der Waals surface area (Å²) in [7, 11) is -14.8. The van der Waals surface area contributed by atoms with Crippen LogP contribution < -0.4 is 15.3 Å². The molecule has 13 heteroatoms. The highest BCUT2D eigenvalue weighted by molar-refractivity contribution is 7.66. The van der Waals surface area contributed by atoms with Gasteiger partial charge in [0.1, 0.15) is 0 Å². The lowest BCUT2D eigenvalue weighted by molar-refractivity contribution is -0.236. The maximum atomic E-state index is 10.7. The van der Waals surface area contributed by atoms with Crippen LogP contribution in [-0.4, -0.2) is 12.0 Å². The second kappa shape index (κ2) is 4.51. The second-order valence-corrected chi connectivity index (χ2v) is 6.38. The first-order valence-corrected chi connectivity index (χ1v) is 7.26. The van der Waals surface area contributed by atoms with Crippen LogP contribution in [0.3, 0.4) is 0 Å². The zero-order valence-electron chi connectivity index (χ0n) is 6.63. The van der Waals surface area contributed by atoms with Crippen molar-refractivity contribution in [3.8, 4) is 0 Å². The van der Waals surface area contributed by atoms with Crippen molar-refractivity contribution >= 4 is 23.4 Å². The molecule has 0 saturated carbocycles. The molecule has 0 rings (SSSR count). The van der Waals surface area contributed by atoms with Crippen LogP contribution in [0.5, 0.6) is 0 Å². The van der Waals surface area contributed by atoms with Crippen molar-refractivity contribution in [1.82, 2.24) is 0 Å². The molecule has 0 saturated heterocycles. The van der Waals surface area contributed by atoms with E-state index in [0.29, 0.717) is 0 Å². The average molecular weight is 269 g/mol. The van der Waals surface area contributed by atoms with Crippen molar-refractivity contribution in [3.63, 3.8) is 0 Å². The Balaban J connectivity index is 4.60. The molecule has 3 atom stereocenters. The second-order valence-electron chi connectivity index (χ2n) is 1.80. The van der Waals surface area contributed by atoms with Gasteiger partial charge in [0.15, 0.2) is 0 Å². The fraction of sp³-hybridized carbons (Fsp3) is 1.00. The Labute approximate surface area is 78.4 Å². The van der Waals surface area contributed by atoms with Crippen molar-refractivity contribution in [3.05, 3.63) is 0 Å². The van der Waals surface area contributed by atoms with Crippen LogP contribution >= 0.6 is 23.4 Å². The first kappa shape index (κ1) is 14.4. The Morgan fingerprint density at radius 3 is 1.93 bits per heavy atom. The monoisotopic (exact) mass is 269 g/mol. The molecule has 0 aliphatic heterocycles.